The maximum Gasteiger partial charge on any atom is 0.240 e. The van der Waals surface area contributed by atoms with Crippen molar-refractivity contribution < 1.29 is 9.90 Å². The SMILES string of the molecule is CC(N)(C(=O)NCCCCCO)C1CC1. The molecule has 0 heterocycles. The Labute approximate surface area is 91.2 Å². The van der Waals surface area contributed by atoms with Crippen molar-refractivity contribution in [2.45, 2.75) is 44.6 Å². The zero-order chi connectivity index (χ0) is 11.3. The van der Waals surface area contributed by atoms with Crippen LogP contribution in [0.5, 0.6) is 0 Å². The number of carbonyl (C=O) groups is 1. The van der Waals surface area contributed by atoms with Gasteiger partial charge in [0.05, 0.1) is 5.54 Å². The molecule has 1 unspecified atom stereocenters. The number of aliphatic hydroxyl groups is 1. The van der Waals surface area contributed by atoms with E-state index in [1.165, 1.54) is 0 Å². The number of carbonyl (C=O) groups excluding carboxylic acids is 1. The number of rotatable bonds is 7. The Morgan fingerprint density at radius 1 is 1.47 bits per heavy atom. The Morgan fingerprint density at radius 2 is 2.13 bits per heavy atom. The summed E-state index contributed by atoms with van der Waals surface area (Å²) in [6.45, 7) is 2.71. The highest BCUT2D eigenvalue weighted by Crippen LogP contribution is 2.38. The van der Waals surface area contributed by atoms with E-state index in [1.54, 1.807) is 0 Å². The first-order valence-electron chi connectivity index (χ1n) is 5.77. The van der Waals surface area contributed by atoms with E-state index in [0.29, 0.717) is 12.5 Å². The van der Waals surface area contributed by atoms with Crippen LogP contribution in [-0.4, -0.2) is 29.7 Å². The first kappa shape index (κ1) is 12.5. The zero-order valence-corrected chi connectivity index (χ0v) is 9.46. The molecule has 0 aromatic carbocycles. The topological polar surface area (TPSA) is 75.4 Å². The summed E-state index contributed by atoms with van der Waals surface area (Å²) in [5, 5.41) is 11.4. The van der Waals surface area contributed by atoms with E-state index < -0.39 is 5.54 Å². The number of hydrogen-bond acceptors (Lipinski definition) is 3. The van der Waals surface area contributed by atoms with Crippen molar-refractivity contribution >= 4 is 5.91 Å². The number of nitrogens with one attached hydrogen (secondary N) is 1. The third kappa shape index (κ3) is 3.80. The van der Waals surface area contributed by atoms with E-state index in [4.69, 9.17) is 10.8 Å². The predicted molar refractivity (Wildman–Crippen MR) is 59.3 cm³/mol. The van der Waals surface area contributed by atoms with Crippen molar-refractivity contribution in [2.24, 2.45) is 11.7 Å². The largest absolute Gasteiger partial charge is 0.396 e. The summed E-state index contributed by atoms with van der Waals surface area (Å²) in [6, 6.07) is 0. The molecule has 1 rings (SSSR count). The predicted octanol–water partition coefficient (Wildman–Crippen LogP) is 0.393. The van der Waals surface area contributed by atoms with Crippen LogP contribution in [0, 0.1) is 5.92 Å². The summed E-state index contributed by atoms with van der Waals surface area (Å²) in [7, 11) is 0. The van der Waals surface area contributed by atoms with E-state index in [9.17, 15) is 4.79 Å². The molecule has 0 spiro atoms. The Hall–Kier alpha value is -0.610. The molecule has 1 amide bonds. The molecule has 1 aliphatic rings. The number of amides is 1. The first-order chi connectivity index (χ1) is 7.09. The molecule has 0 radical (unpaired) electrons. The molecule has 4 nitrogen and oxygen atoms in total. The molecular formula is C11H22N2O2. The fourth-order valence-electron chi connectivity index (χ4n) is 1.67. The lowest BCUT2D eigenvalue weighted by Crippen LogP contribution is -2.53. The minimum Gasteiger partial charge on any atom is -0.396 e. The number of unbranched alkanes of at least 4 members (excludes halogenated alkanes) is 2. The number of hydrogen-bond donors (Lipinski definition) is 3. The molecule has 4 heteroatoms. The first-order valence-corrected chi connectivity index (χ1v) is 5.77. The fraction of sp³-hybridized carbons (Fsp3) is 0.909. The Bertz CT molecular complexity index is 213. The molecule has 1 aliphatic carbocycles. The Kier molecular flexibility index (Phi) is 4.54. The summed E-state index contributed by atoms with van der Waals surface area (Å²) >= 11 is 0. The highest BCUT2D eigenvalue weighted by atomic mass is 16.2. The van der Waals surface area contributed by atoms with Gasteiger partial charge in [0.15, 0.2) is 0 Å². The van der Waals surface area contributed by atoms with Gasteiger partial charge >= 0.3 is 0 Å². The average Bonchev–Trinajstić information content (AvgIpc) is 3.00. The summed E-state index contributed by atoms with van der Waals surface area (Å²) in [6.07, 6.45) is 4.81. The lowest BCUT2D eigenvalue weighted by Gasteiger charge is -2.23. The third-order valence-corrected chi connectivity index (χ3v) is 3.04. The maximum atomic E-state index is 11.7. The van der Waals surface area contributed by atoms with Gasteiger partial charge in [0.1, 0.15) is 0 Å². The zero-order valence-electron chi connectivity index (χ0n) is 9.46. The molecule has 4 N–H and O–H groups in total. The lowest BCUT2D eigenvalue weighted by molar-refractivity contribution is -0.126. The third-order valence-electron chi connectivity index (χ3n) is 3.04. The van der Waals surface area contributed by atoms with E-state index in [2.05, 4.69) is 5.32 Å². The van der Waals surface area contributed by atoms with Crippen molar-refractivity contribution in [1.29, 1.82) is 0 Å². The van der Waals surface area contributed by atoms with Crippen LogP contribution >= 0.6 is 0 Å². The second kappa shape index (κ2) is 5.47. The van der Waals surface area contributed by atoms with Crippen LogP contribution in [0.25, 0.3) is 0 Å². The van der Waals surface area contributed by atoms with Crippen molar-refractivity contribution in [1.82, 2.24) is 5.32 Å². The van der Waals surface area contributed by atoms with Crippen molar-refractivity contribution in [3.63, 3.8) is 0 Å². The van der Waals surface area contributed by atoms with Crippen LogP contribution in [0.2, 0.25) is 0 Å². The van der Waals surface area contributed by atoms with Crippen molar-refractivity contribution in [3.8, 4) is 0 Å². The van der Waals surface area contributed by atoms with Gasteiger partial charge in [-0.2, -0.15) is 0 Å². The van der Waals surface area contributed by atoms with Crippen LogP contribution in [0.3, 0.4) is 0 Å². The minimum atomic E-state index is -0.684. The van der Waals surface area contributed by atoms with Gasteiger partial charge in [0.25, 0.3) is 0 Å². The second-order valence-electron chi connectivity index (χ2n) is 4.60. The van der Waals surface area contributed by atoms with Crippen molar-refractivity contribution in [3.05, 3.63) is 0 Å². The van der Waals surface area contributed by atoms with Gasteiger partial charge in [-0.1, -0.05) is 0 Å². The van der Waals surface area contributed by atoms with Gasteiger partial charge < -0.3 is 16.2 Å². The normalized spacial score (nSPS) is 19.7. The number of nitrogens with two attached hydrogens (primary N) is 1. The Morgan fingerprint density at radius 3 is 2.67 bits per heavy atom. The average molecular weight is 214 g/mol. The molecule has 88 valence electrons. The Balaban J connectivity index is 2.12. The lowest BCUT2D eigenvalue weighted by atomic mass is 9.96. The van der Waals surface area contributed by atoms with Gasteiger partial charge in [-0.3, -0.25) is 4.79 Å². The van der Waals surface area contributed by atoms with Crippen LogP contribution < -0.4 is 11.1 Å². The van der Waals surface area contributed by atoms with E-state index in [-0.39, 0.29) is 12.5 Å². The molecule has 0 aliphatic heterocycles. The van der Waals surface area contributed by atoms with Crippen LogP contribution in [0.1, 0.15) is 39.0 Å². The molecule has 15 heavy (non-hydrogen) atoms. The van der Waals surface area contributed by atoms with E-state index in [0.717, 1.165) is 32.1 Å². The van der Waals surface area contributed by atoms with Crippen molar-refractivity contribution in [2.75, 3.05) is 13.2 Å². The second-order valence-corrected chi connectivity index (χ2v) is 4.60. The van der Waals surface area contributed by atoms with E-state index >= 15 is 0 Å². The van der Waals surface area contributed by atoms with Gasteiger partial charge in [0, 0.05) is 13.2 Å². The molecule has 0 bridgehead atoms. The standard InChI is InChI=1S/C11H22N2O2/c1-11(12,9-5-6-9)10(15)13-7-3-2-4-8-14/h9,14H,2-8,12H2,1H3,(H,13,15). The smallest absolute Gasteiger partial charge is 0.240 e. The molecule has 0 aromatic heterocycles. The fourth-order valence-corrected chi connectivity index (χ4v) is 1.67. The molecular weight excluding hydrogens is 192 g/mol. The molecule has 0 saturated heterocycles. The highest BCUT2D eigenvalue weighted by Gasteiger charge is 2.43. The molecule has 1 atom stereocenters. The van der Waals surface area contributed by atoms with Gasteiger partial charge in [-0.25, -0.2) is 0 Å². The van der Waals surface area contributed by atoms with Gasteiger partial charge in [-0.05, 0) is 44.9 Å². The summed E-state index contributed by atoms with van der Waals surface area (Å²) in [5.41, 5.74) is 5.27. The number of aliphatic hydroxyl groups excluding tert-OH is 1. The molecule has 0 aromatic rings. The monoisotopic (exact) mass is 214 g/mol. The summed E-state index contributed by atoms with van der Waals surface area (Å²) in [4.78, 5) is 11.7. The summed E-state index contributed by atoms with van der Waals surface area (Å²) in [5.74, 6) is 0.337. The van der Waals surface area contributed by atoms with Crippen LogP contribution in [0.15, 0.2) is 0 Å². The van der Waals surface area contributed by atoms with Crippen LogP contribution in [-0.2, 0) is 4.79 Å². The van der Waals surface area contributed by atoms with Gasteiger partial charge in [-0.15, -0.1) is 0 Å². The summed E-state index contributed by atoms with van der Waals surface area (Å²) < 4.78 is 0. The minimum absolute atomic E-state index is 0.0333. The van der Waals surface area contributed by atoms with Crippen LogP contribution in [0.4, 0.5) is 0 Å². The highest BCUT2D eigenvalue weighted by molar-refractivity contribution is 5.86. The van der Waals surface area contributed by atoms with E-state index in [1.807, 2.05) is 6.92 Å². The molecule has 1 fully saturated rings. The molecule has 1 saturated carbocycles. The maximum absolute atomic E-state index is 11.7. The van der Waals surface area contributed by atoms with Gasteiger partial charge in [0.2, 0.25) is 5.91 Å². The quantitative estimate of drug-likeness (QED) is 0.537.